The number of halogens is 3. The molecule has 0 aromatic heterocycles. The van der Waals surface area contributed by atoms with E-state index in [4.69, 9.17) is 16.3 Å². The molecule has 2 unspecified atom stereocenters. The van der Waals surface area contributed by atoms with Crippen molar-refractivity contribution < 1.29 is 13.9 Å². The Morgan fingerprint density at radius 3 is 3.00 bits per heavy atom. The Hall–Kier alpha value is -0.560. The van der Waals surface area contributed by atoms with Gasteiger partial charge in [0.25, 0.3) is 0 Å². The van der Waals surface area contributed by atoms with Crippen LogP contribution in [0.25, 0.3) is 0 Å². The molecule has 3 nitrogen and oxygen atoms in total. The van der Waals surface area contributed by atoms with Crippen molar-refractivity contribution in [2.24, 2.45) is 0 Å². The van der Waals surface area contributed by atoms with Crippen molar-refractivity contribution in [2.75, 3.05) is 11.9 Å². The maximum absolute atomic E-state index is 13.8. The Morgan fingerprint density at radius 2 is 2.35 bits per heavy atom. The number of hydrogen-bond donors (Lipinski definition) is 1. The number of carbonyl (C=O) groups excluding carboxylic acids is 1. The molecule has 1 aromatic carbocycles. The first-order valence-corrected chi connectivity index (χ1v) is 6.73. The molecule has 17 heavy (non-hydrogen) atoms. The summed E-state index contributed by atoms with van der Waals surface area (Å²) in [6.07, 6.45) is 0. The largest absolute Gasteiger partial charge is 0.464 e. The second-order valence-electron chi connectivity index (χ2n) is 3.60. The lowest BCUT2D eigenvalue weighted by molar-refractivity contribution is -0.143. The van der Waals surface area contributed by atoms with E-state index < -0.39 is 11.9 Å². The number of alkyl halides is 1. The average Bonchev–Trinajstić information content (AvgIpc) is 2.62. The molecule has 1 aliphatic rings. The van der Waals surface area contributed by atoms with Gasteiger partial charge in [-0.15, -0.1) is 0 Å². The second-order valence-corrected chi connectivity index (χ2v) is 5.35. The molecule has 0 amide bonds. The van der Waals surface area contributed by atoms with Crippen molar-refractivity contribution in [3.8, 4) is 0 Å². The summed E-state index contributed by atoms with van der Waals surface area (Å²) in [7, 11) is 0. The number of fused-ring (bicyclic) bond motifs is 1. The number of rotatable bonds is 2. The highest BCUT2D eigenvalue weighted by atomic mass is 127. The van der Waals surface area contributed by atoms with Crippen LogP contribution in [0.15, 0.2) is 12.1 Å². The van der Waals surface area contributed by atoms with Gasteiger partial charge in [-0.3, -0.25) is 0 Å². The summed E-state index contributed by atoms with van der Waals surface area (Å²) in [5.41, 5.74) is 1.04. The minimum Gasteiger partial charge on any atom is -0.464 e. The van der Waals surface area contributed by atoms with Gasteiger partial charge in [-0.05, 0) is 19.1 Å². The lowest BCUT2D eigenvalue weighted by Gasteiger charge is -2.13. The normalized spacial score (nSPS) is 21.9. The Balaban J connectivity index is 2.33. The molecule has 0 aliphatic carbocycles. The van der Waals surface area contributed by atoms with Crippen molar-refractivity contribution in [1.29, 1.82) is 0 Å². The third-order valence-electron chi connectivity index (χ3n) is 2.55. The van der Waals surface area contributed by atoms with Gasteiger partial charge < -0.3 is 10.1 Å². The van der Waals surface area contributed by atoms with E-state index >= 15 is 0 Å². The van der Waals surface area contributed by atoms with E-state index in [1.54, 1.807) is 13.0 Å². The lowest BCUT2D eigenvalue weighted by Crippen LogP contribution is -2.30. The minimum atomic E-state index is -0.557. The Morgan fingerprint density at radius 1 is 1.65 bits per heavy atom. The minimum absolute atomic E-state index is 0.0664. The molecule has 2 rings (SSSR count). The van der Waals surface area contributed by atoms with E-state index in [1.807, 2.05) is 22.6 Å². The van der Waals surface area contributed by atoms with E-state index in [0.29, 0.717) is 17.9 Å². The maximum Gasteiger partial charge on any atom is 0.330 e. The third-order valence-corrected chi connectivity index (χ3v) is 4.19. The number of benzene rings is 1. The van der Waals surface area contributed by atoms with Crippen LogP contribution in [-0.4, -0.2) is 18.6 Å². The predicted molar refractivity (Wildman–Crippen MR) is 72.2 cm³/mol. The summed E-state index contributed by atoms with van der Waals surface area (Å²) >= 11 is 7.74. The Kier molecular flexibility index (Phi) is 3.77. The zero-order chi connectivity index (χ0) is 12.6. The number of esters is 1. The van der Waals surface area contributed by atoms with Crippen molar-refractivity contribution >= 4 is 45.8 Å². The molecular formula is C11H10ClFINO2. The summed E-state index contributed by atoms with van der Waals surface area (Å²) in [6, 6.07) is 2.59. The zero-order valence-corrected chi connectivity index (χ0v) is 11.9. The predicted octanol–water partition coefficient (Wildman–Crippen LogP) is 3.31. The van der Waals surface area contributed by atoms with Crippen LogP contribution >= 0.6 is 34.2 Å². The molecule has 2 atom stereocenters. The van der Waals surface area contributed by atoms with Crippen LogP contribution in [0.1, 0.15) is 16.4 Å². The van der Waals surface area contributed by atoms with E-state index in [-0.39, 0.29) is 14.9 Å². The number of ether oxygens (including phenoxy) is 1. The smallest absolute Gasteiger partial charge is 0.330 e. The molecule has 1 aliphatic heterocycles. The number of carbonyl (C=O) groups is 1. The molecule has 1 heterocycles. The van der Waals surface area contributed by atoms with Gasteiger partial charge in [-0.2, -0.15) is 0 Å². The topological polar surface area (TPSA) is 38.3 Å². The molecule has 92 valence electrons. The van der Waals surface area contributed by atoms with E-state index in [9.17, 15) is 9.18 Å². The molecule has 1 aromatic rings. The second kappa shape index (κ2) is 4.97. The van der Waals surface area contributed by atoms with Crippen LogP contribution in [0.5, 0.6) is 0 Å². The Bertz CT molecular complexity index is 469. The summed E-state index contributed by atoms with van der Waals surface area (Å²) in [5, 5.41) is 3.02. The molecule has 6 heteroatoms. The SMILES string of the molecule is CCOC(=O)C1Nc2ccc(Cl)c(F)c2C1I. The van der Waals surface area contributed by atoms with E-state index in [1.165, 1.54) is 6.07 Å². The number of nitrogens with one attached hydrogen (secondary N) is 1. The number of anilines is 1. The van der Waals surface area contributed by atoms with E-state index in [0.717, 1.165) is 0 Å². The van der Waals surface area contributed by atoms with Crippen molar-refractivity contribution in [2.45, 2.75) is 16.9 Å². The van der Waals surface area contributed by atoms with Gasteiger partial charge in [-0.1, -0.05) is 34.2 Å². The first-order chi connectivity index (χ1) is 8.06. The van der Waals surface area contributed by atoms with Gasteiger partial charge in [0.1, 0.15) is 11.9 Å². The van der Waals surface area contributed by atoms with Gasteiger partial charge in [0.05, 0.1) is 15.6 Å². The average molecular weight is 370 g/mol. The summed E-state index contributed by atoms with van der Waals surface area (Å²) < 4.78 is 18.5. The van der Waals surface area contributed by atoms with Crippen molar-refractivity contribution in [3.05, 3.63) is 28.5 Å². The highest BCUT2D eigenvalue weighted by molar-refractivity contribution is 14.1. The van der Waals surface area contributed by atoms with Crippen molar-refractivity contribution in [3.63, 3.8) is 0 Å². The molecule has 0 radical (unpaired) electrons. The fourth-order valence-corrected chi connectivity index (χ4v) is 3.03. The van der Waals surface area contributed by atoms with Crippen LogP contribution in [0.3, 0.4) is 0 Å². The molecular weight excluding hydrogens is 359 g/mol. The molecule has 0 spiro atoms. The molecule has 0 saturated heterocycles. The maximum atomic E-state index is 13.8. The van der Waals surface area contributed by atoms with Crippen LogP contribution in [0.4, 0.5) is 10.1 Å². The highest BCUT2D eigenvalue weighted by Crippen LogP contribution is 2.44. The summed E-state index contributed by atoms with van der Waals surface area (Å²) in [6.45, 7) is 2.04. The Labute approximate surface area is 117 Å². The monoisotopic (exact) mass is 369 g/mol. The standard InChI is InChI=1S/C11H10ClFINO2/c1-2-17-11(16)10-9(14)7-6(15-10)4-3-5(12)8(7)13/h3-4,9-10,15H,2H2,1H3. The van der Waals surface area contributed by atoms with Crippen LogP contribution in [0, 0.1) is 5.82 Å². The highest BCUT2D eigenvalue weighted by Gasteiger charge is 2.38. The van der Waals surface area contributed by atoms with Gasteiger partial charge in [0.2, 0.25) is 0 Å². The van der Waals surface area contributed by atoms with E-state index in [2.05, 4.69) is 5.32 Å². The lowest BCUT2D eigenvalue weighted by atomic mass is 10.1. The fraction of sp³-hybridized carbons (Fsp3) is 0.364. The molecule has 1 N–H and O–H groups in total. The van der Waals surface area contributed by atoms with Gasteiger partial charge in [-0.25, -0.2) is 9.18 Å². The first kappa shape index (κ1) is 12.9. The fourth-order valence-electron chi connectivity index (χ4n) is 1.78. The van der Waals surface area contributed by atoms with Crippen LogP contribution < -0.4 is 5.32 Å². The quantitative estimate of drug-likeness (QED) is 0.494. The zero-order valence-electron chi connectivity index (χ0n) is 8.97. The van der Waals surface area contributed by atoms with Crippen LogP contribution in [-0.2, 0) is 9.53 Å². The molecule has 0 fully saturated rings. The first-order valence-electron chi connectivity index (χ1n) is 5.11. The van der Waals surface area contributed by atoms with Crippen molar-refractivity contribution in [1.82, 2.24) is 0 Å². The van der Waals surface area contributed by atoms with Gasteiger partial charge in [0.15, 0.2) is 0 Å². The van der Waals surface area contributed by atoms with Gasteiger partial charge in [0, 0.05) is 11.3 Å². The molecule has 0 saturated carbocycles. The summed E-state index contributed by atoms with van der Waals surface area (Å²) in [4.78, 5) is 11.7. The third kappa shape index (κ3) is 2.22. The van der Waals surface area contributed by atoms with Crippen LogP contribution in [0.2, 0.25) is 5.02 Å². The number of hydrogen-bond acceptors (Lipinski definition) is 3. The summed E-state index contributed by atoms with van der Waals surface area (Å²) in [5.74, 6) is -0.846. The molecule has 0 bridgehead atoms. The van der Waals surface area contributed by atoms with Gasteiger partial charge >= 0.3 is 5.97 Å².